The fourth-order valence-electron chi connectivity index (χ4n) is 2.23. The van der Waals surface area contributed by atoms with Crippen molar-refractivity contribution in [3.05, 3.63) is 28.8 Å². The van der Waals surface area contributed by atoms with E-state index in [4.69, 9.17) is 16.3 Å². The van der Waals surface area contributed by atoms with E-state index < -0.39 is 5.97 Å². The summed E-state index contributed by atoms with van der Waals surface area (Å²) in [4.78, 5) is 16.1. The molecule has 0 bridgehead atoms. The maximum absolute atomic E-state index is 11.4. The normalized spacial score (nSPS) is 16.7. The van der Waals surface area contributed by atoms with Crippen molar-refractivity contribution in [2.75, 3.05) is 53.5 Å². The Morgan fingerprint density at radius 1 is 1.29 bits per heavy atom. The molecular weight excluding hydrogens is 292 g/mol. The minimum atomic E-state index is -0.441. The van der Waals surface area contributed by atoms with E-state index in [0.29, 0.717) is 22.9 Å². The summed E-state index contributed by atoms with van der Waals surface area (Å²) in [6.07, 6.45) is 0. The van der Waals surface area contributed by atoms with Crippen molar-refractivity contribution in [1.82, 2.24) is 9.80 Å². The molecule has 5 nitrogen and oxygen atoms in total. The van der Waals surface area contributed by atoms with Gasteiger partial charge in [-0.3, -0.25) is 4.90 Å². The zero-order chi connectivity index (χ0) is 15.2. The Morgan fingerprint density at radius 2 is 2.00 bits per heavy atom. The largest absolute Gasteiger partial charge is 0.492 e. The van der Waals surface area contributed by atoms with E-state index >= 15 is 0 Å². The number of carbonyl (C=O) groups is 1. The van der Waals surface area contributed by atoms with Crippen LogP contribution in [-0.2, 0) is 4.74 Å². The van der Waals surface area contributed by atoms with Gasteiger partial charge in [-0.2, -0.15) is 0 Å². The molecule has 1 aliphatic rings. The van der Waals surface area contributed by atoms with Crippen LogP contribution in [0.15, 0.2) is 18.2 Å². The van der Waals surface area contributed by atoms with Gasteiger partial charge in [0.1, 0.15) is 12.4 Å². The highest BCUT2D eigenvalue weighted by Gasteiger charge is 2.14. The molecule has 0 atom stereocenters. The van der Waals surface area contributed by atoms with Gasteiger partial charge in [0.05, 0.1) is 17.7 Å². The van der Waals surface area contributed by atoms with Crippen LogP contribution in [0.4, 0.5) is 0 Å². The molecule has 0 aromatic heterocycles. The van der Waals surface area contributed by atoms with Gasteiger partial charge in [-0.05, 0) is 25.2 Å². The maximum atomic E-state index is 11.4. The molecule has 2 rings (SSSR count). The molecule has 1 aromatic carbocycles. The van der Waals surface area contributed by atoms with Gasteiger partial charge in [-0.1, -0.05) is 11.6 Å². The third kappa shape index (κ3) is 4.59. The number of nitrogens with zero attached hydrogens (tertiary/aromatic N) is 2. The van der Waals surface area contributed by atoms with Crippen LogP contribution in [0.25, 0.3) is 0 Å². The molecule has 1 heterocycles. The number of halogens is 1. The van der Waals surface area contributed by atoms with Gasteiger partial charge < -0.3 is 14.4 Å². The van der Waals surface area contributed by atoms with E-state index in [9.17, 15) is 4.79 Å². The Balaban J connectivity index is 1.81. The van der Waals surface area contributed by atoms with Crippen molar-refractivity contribution in [2.45, 2.75) is 0 Å². The number of hydrogen-bond donors (Lipinski definition) is 0. The third-order valence-corrected chi connectivity index (χ3v) is 3.93. The number of carbonyl (C=O) groups excluding carboxylic acids is 1. The average Bonchev–Trinajstić information content (AvgIpc) is 2.49. The lowest BCUT2D eigenvalue weighted by molar-refractivity contribution is 0.0601. The topological polar surface area (TPSA) is 42.0 Å². The zero-order valence-corrected chi connectivity index (χ0v) is 13.2. The zero-order valence-electron chi connectivity index (χ0n) is 12.5. The first-order valence-corrected chi connectivity index (χ1v) is 7.39. The van der Waals surface area contributed by atoms with Gasteiger partial charge in [-0.15, -0.1) is 0 Å². The van der Waals surface area contributed by atoms with Gasteiger partial charge in [0, 0.05) is 32.7 Å². The second kappa shape index (κ2) is 7.64. The van der Waals surface area contributed by atoms with Crippen molar-refractivity contribution < 1.29 is 14.3 Å². The van der Waals surface area contributed by atoms with E-state index in [0.717, 1.165) is 32.7 Å². The van der Waals surface area contributed by atoms with Crippen LogP contribution in [0.5, 0.6) is 5.75 Å². The van der Waals surface area contributed by atoms with Crippen LogP contribution >= 0.6 is 11.6 Å². The molecule has 1 aliphatic heterocycles. The van der Waals surface area contributed by atoms with Crippen molar-refractivity contribution in [3.63, 3.8) is 0 Å². The van der Waals surface area contributed by atoms with Crippen LogP contribution in [0.2, 0.25) is 5.02 Å². The fraction of sp³-hybridized carbons (Fsp3) is 0.533. The summed E-state index contributed by atoms with van der Waals surface area (Å²) >= 11 is 6.05. The molecule has 21 heavy (non-hydrogen) atoms. The molecule has 116 valence electrons. The monoisotopic (exact) mass is 312 g/mol. The SMILES string of the molecule is COC(=O)c1ccc(OCCN2CCN(C)CC2)cc1Cl. The number of likely N-dealkylation sites (N-methyl/N-ethyl adjacent to an activating group) is 1. The Labute approximate surface area is 130 Å². The quantitative estimate of drug-likeness (QED) is 0.775. The number of rotatable bonds is 5. The fourth-order valence-corrected chi connectivity index (χ4v) is 2.47. The Morgan fingerprint density at radius 3 is 2.62 bits per heavy atom. The van der Waals surface area contributed by atoms with Gasteiger partial charge in [0.2, 0.25) is 0 Å². The second-order valence-electron chi connectivity index (χ2n) is 5.13. The van der Waals surface area contributed by atoms with Crippen LogP contribution in [0.3, 0.4) is 0 Å². The van der Waals surface area contributed by atoms with E-state index in [1.54, 1.807) is 18.2 Å². The van der Waals surface area contributed by atoms with Gasteiger partial charge in [-0.25, -0.2) is 4.79 Å². The highest BCUT2D eigenvalue weighted by Crippen LogP contribution is 2.23. The number of methoxy groups -OCH3 is 1. The summed E-state index contributed by atoms with van der Waals surface area (Å²) in [5.74, 6) is 0.228. The van der Waals surface area contributed by atoms with Crippen LogP contribution in [-0.4, -0.2) is 69.3 Å². The second-order valence-corrected chi connectivity index (χ2v) is 5.53. The van der Waals surface area contributed by atoms with Crippen molar-refractivity contribution in [3.8, 4) is 5.75 Å². The first-order valence-electron chi connectivity index (χ1n) is 7.01. The van der Waals surface area contributed by atoms with E-state index in [-0.39, 0.29) is 0 Å². The molecule has 1 aromatic rings. The molecule has 0 N–H and O–H groups in total. The first kappa shape index (κ1) is 16.1. The van der Waals surface area contributed by atoms with Gasteiger partial charge in [0.15, 0.2) is 0 Å². The third-order valence-electron chi connectivity index (χ3n) is 3.62. The summed E-state index contributed by atoms with van der Waals surface area (Å²) in [5.41, 5.74) is 0.352. The highest BCUT2D eigenvalue weighted by molar-refractivity contribution is 6.33. The number of benzene rings is 1. The molecule has 0 radical (unpaired) electrons. The minimum absolute atomic E-state index is 0.346. The maximum Gasteiger partial charge on any atom is 0.339 e. The smallest absolute Gasteiger partial charge is 0.339 e. The summed E-state index contributed by atoms with van der Waals surface area (Å²) in [6, 6.07) is 5.01. The predicted molar refractivity (Wildman–Crippen MR) is 82.2 cm³/mol. The van der Waals surface area contributed by atoms with Crippen molar-refractivity contribution in [2.24, 2.45) is 0 Å². The number of hydrogen-bond acceptors (Lipinski definition) is 5. The number of esters is 1. The summed E-state index contributed by atoms with van der Waals surface area (Å²) in [6.45, 7) is 5.84. The predicted octanol–water partition coefficient (Wildman–Crippen LogP) is 1.75. The van der Waals surface area contributed by atoms with Crippen LogP contribution in [0.1, 0.15) is 10.4 Å². The van der Waals surface area contributed by atoms with Gasteiger partial charge in [0.25, 0.3) is 0 Å². The lowest BCUT2D eigenvalue weighted by atomic mass is 10.2. The standard InChI is InChI=1S/C15H21ClN2O3/c1-17-5-7-18(8-6-17)9-10-21-12-3-4-13(14(16)11-12)15(19)20-2/h3-4,11H,5-10H2,1-2H3. The van der Waals surface area contributed by atoms with Crippen molar-refractivity contribution >= 4 is 17.6 Å². The lowest BCUT2D eigenvalue weighted by Gasteiger charge is -2.32. The molecule has 1 saturated heterocycles. The van der Waals surface area contributed by atoms with Crippen molar-refractivity contribution in [1.29, 1.82) is 0 Å². The van der Waals surface area contributed by atoms with Crippen LogP contribution < -0.4 is 4.74 Å². The Bertz CT molecular complexity index is 488. The molecule has 0 spiro atoms. The molecule has 0 amide bonds. The Hall–Kier alpha value is -1.30. The van der Waals surface area contributed by atoms with E-state index in [1.807, 2.05) is 0 Å². The first-order chi connectivity index (χ1) is 10.1. The minimum Gasteiger partial charge on any atom is -0.492 e. The van der Waals surface area contributed by atoms with E-state index in [2.05, 4.69) is 21.6 Å². The van der Waals surface area contributed by atoms with Crippen LogP contribution in [0, 0.1) is 0 Å². The Kier molecular flexibility index (Phi) is 5.85. The van der Waals surface area contributed by atoms with E-state index in [1.165, 1.54) is 7.11 Å². The number of ether oxygens (including phenoxy) is 2. The summed E-state index contributed by atoms with van der Waals surface area (Å²) < 4.78 is 10.3. The molecule has 1 fully saturated rings. The molecule has 0 saturated carbocycles. The lowest BCUT2D eigenvalue weighted by Crippen LogP contribution is -2.45. The van der Waals surface area contributed by atoms with Gasteiger partial charge >= 0.3 is 5.97 Å². The molecule has 0 aliphatic carbocycles. The molecular formula is C15H21ClN2O3. The highest BCUT2D eigenvalue weighted by atomic mass is 35.5. The average molecular weight is 313 g/mol. The molecule has 0 unspecified atom stereocenters. The summed E-state index contributed by atoms with van der Waals surface area (Å²) in [7, 11) is 3.47. The summed E-state index contributed by atoms with van der Waals surface area (Å²) in [5, 5.41) is 0.346. The number of piperazine rings is 1. The molecule has 6 heteroatoms.